The Hall–Kier alpha value is -4.30. The third kappa shape index (κ3) is 8.84. The summed E-state index contributed by atoms with van der Waals surface area (Å²) in [6.07, 6.45) is 8.06. The molecule has 1 aliphatic carbocycles. The van der Waals surface area contributed by atoms with Crippen LogP contribution >= 0.6 is 12.0 Å². The van der Waals surface area contributed by atoms with Crippen LogP contribution in [0.25, 0.3) is 5.57 Å². The third-order valence-corrected chi connectivity index (χ3v) is 10.5. The van der Waals surface area contributed by atoms with Gasteiger partial charge in [0.25, 0.3) is 20.2 Å². The molecule has 9 nitrogen and oxygen atoms in total. The quantitative estimate of drug-likeness (QED) is 0.0780. The number of rotatable bonds is 12. The van der Waals surface area contributed by atoms with Gasteiger partial charge in [-0.25, -0.2) is 4.58 Å². The van der Waals surface area contributed by atoms with E-state index in [4.69, 9.17) is 0 Å². The van der Waals surface area contributed by atoms with Crippen molar-refractivity contribution in [2.45, 2.75) is 41.6 Å². The molecule has 49 heavy (non-hydrogen) atoms. The molecule has 0 bridgehead atoms. The Morgan fingerprint density at radius 2 is 1.33 bits per heavy atom. The van der Waals surface area contributed by atoms with Crippen molar-refractivity contribution in [1.82, 2.24) is 0 Å². The SMILES string of the molecule is CCN(Cc1cccc(S(=O)(=O)O)c1)c1ccc(C(=C2C=CC(=[N+](CC)Cc3cccc(S(=O)(=O)O)c3)C=C2)c2ccccc2SO)cc1. The van der Waals surface area contributed by atoms with Gasteiger partial charge in [0, 0.05) is 53.4 Å². The topological polar surface area (TPSA) is 135 Å². The van der Waals surface area contributed by atoms with Crippen molar-refractivity contribution in [1.29, 1.82) is 0 Å². The van der Waals surface area contributed by atoms with Gasteiger partial charge in [-0.2, -0.15) is 16.8 Å². The Kier molecular flexibility index (Phi) is 11.4. The predicted octanol–water partition coefficient (Wildman–Crippen LogP) is 7.37. The second-order valence-electron chi connectivity index (χ2n) is 11.3. The van der Waals surface area contributed by atoms with Crippen LogP contribution in [-0.2, 0) is 33.3 Å². The molecule has 1 aliphatic rings. The molecule has 0 aliphatic heterocycles. The molecule has 254 valence electrons. The number of hydrogen-bond acceptors (Lipinski definition) is 7. The molecule has 0 aromatic heterocycles. The lowest BCUT2D eigenvalue weighted by Crippen LogP contribution is -2.22. The molecule has 0 fully saturated rings. The van der Waals surface area contributed by atoms with E-state index in [0.29, 0.717) is 43.1 Å². The summed E-state index contributed by atoms with van der Waals surface area (Å²) in [7, 11) is -8.62. The fraction of sp³-hybridized carbons (Fsp3) is 0.162. The highest BCUT2D eigenvalue weighted by Crippen LogP contribution is 2.36. The van der Waals surface area contributed by atoms with Gasteiger partial charge in [-0.05, 0) is 96.3 Å². The van der Waals surface area contributed by atoms with Crippen molar-refractivity contribution in [3.8, 4) is 0 Å². The first-order valence-corrected chi connectivity index (χ1v) is 19.2. The summed E-state index contributed by atoms with van der Waals surface area (Å²) in [6, 6.07) is 28.2. The lowest BCUT2D eigenvalue weighted by Gasteiger charge is -2.24. The van der Waals surface area contributed by atoms with Gasteiger partial charge in [0.1, 0.15) is 6.54 Å². The normalized spacial score (nSPS) is 13.1. The molecule has 0 unspecified atom stereocenters. The van der Waals surface area contributed by atoms with Gasteiger partial charge in [-0.3, -0.25) is 9.11 Å². The minimum atomic E-state index is -4.31. The molecule has 0 heterocycles. The lowest BCUT2D eigenvalue weighted by molar-refractivity contribution is -0.539. The van der Waals surface area contributed by atoms with E-state index in [2.05, 4.69) is 9.48 Å². The van der Waals surface area contributed by atoms with Crippen LogP contribution in [0.3, 0.4) is 0 Å². The fourth-order valence-corrected chi connectivity index (χ4v) is 7.24. The van der Waals surface area contributed by atoms with Gasteiger partial charge in [0.15, 0.2) is 12.3 Å². The second kappa shape index (κ2) is 15.5. The number of anilines is 1. The molecule has 4 aromatic rings. The zero-order valence-electron chi connectivity index (χ0n) is 27.0. The average molecular weight is 718 g/mol. The minimum Gasteiger partial charge on any atom is -0.367 e. The Balaban J connectivity index is 1.49. The van der Waals surface area contributed by atoms with Crippen LogP contribution in [0.4, 0.5) is 5.69 Å². The summed E-state index contributed by atoms with van der Waals surface area (Å²) in [4.78, 5) is 2.52. The van der Waals surface area contributed by atoms with Crippen LogP contribution in [0, 0.1) is 0 Å². The van der Waals surface area contributed by atoms with Crippen LogP contribution in [0.2, 0.25) is 0 Å². The summed E-state index contributed by atoms with van der Waals surface area (Å²) in [5, 5.41) is 0. The number of nitrogens with zero attached hydrogens (tertiary/aromatic N) is 2. The zero-order valence-corrected chi connectivity index (χ0v) is 29.4. The maximum atomic E-state index is 11.7. The van der Waals surface area contributed by atoms with Gasteiger partial charge in [-0.15, -0.1) is 0 Å². The van der Waals surface area contributed by atoms with E-state index in [1.54, 1.807) is 12.1 Å². The molecule has 0 saturated heterocycles. The maximum absolute atomic E-state index is 11.7. The Bertz CT molecular complexity index is 2170. The molecule has 3 N–H and O–H groups in total. The molecular formula is C37H37N2O7S3+. The van der Waals surface area contributed by atoms with E-state index in [-0.39, 0.29) is 9.79 Å². The number of hydrogen-bond donors (Lipinski definition) is 3. The predicted molar refractivity (Wildman–Crippen MR) is 194 cm³/mol. The highest BCUT2D eigenvalue weighted by molar-refractivity contribution is 7.93. The zero-order chi connectivity index (χ0) is 35.2. The van der Waals surface area contributed by atoms with E-state index in [1.165, 1.54) is 24.3 Å². The highest BCUT2D eigenvalue weighted by atomic mass is 32.2. The van der Waals surface area contributed by atoms with E-state index in [1.807, 2.05) is 98.8 Å². The first-order chi connectivity index (χ1) is 23.4. The molecule has 0 saturated carbocycles. The molecule has 0 spiro atoms. The molecule has 0 radical (unpaired) electrons. The molecule has 5 rings (SSSR count). The van der Waals surface area contributed by atoms with Crippen molar-refractivity contribution in [2.24, 2.45) is 0 Å². The van der Waals surface area contributed by atoms with Gasteiger partial charge in [0.05, 0.1) is 9.79 Å². The summed E-state index contributed by atoms with van der Waals surface area (Å²) >= 11 is 0.686. The van der Waals surface area contributed by atoms with Crippen LogP contribution in [0.5, 0.6) is 0 Å². The van der Waals surface area contributed by atoms with Crippen molar-refractivity contribution in [2.75, 3.05) is 18.0 Å². The summed E-state index contributed by atoms with van der Waals surface area (Å²) < 4.78 is 77.9. The second-order valence-corrected chi connectivity index (χ2v) is 14.8. The van der Waals surface area contributed by atoms with Gasteiger partial charge < -0.3 is 9.45 Å². The van der Waals surface area contributed by atoms with E-state index in [9.17, 15) is 30.5 Å². The summed E-state index contributed by atoms with van der Waals surface area (Å²) in [6.45, 7) is 6.22. The Morgan fingerprint density at radius 3 is 1.90 bits per heavy atom. The maximum Gasteiger partial charge on any atom is 0.294 e. The van der Waals surface area contributed by atoms with E-state index in [0.717, 1.165) is 44.8 Å². The van der Waals surface area contributed by atoms with Crippen molar-refractivity contribution in [3.05, 3.63) is 149 Å². The Morgan fingerprint density at radius 1 is 0.735 bits per heavy atom. The fourth-order valence-electron chi connectivity index (χ4n) is 5.73. The van der Waals surface area contributed by atoms with Crippen LogP contribution in [0.15, 0.2) is 142 Å². The standard InChI is InChI=1S/C37H36N2O7S3/c1-3-38(25-27-9-7-11-33(23-27)48(41,42)43)31-19-15-29(16-20-31)37(35-13-5-6-14-36(35)47-40)30-17-21-32(22-18-30)39(4-2)26-28-10-8-12-34(24-28)49(44,45)46/h5-24H,3-4,25-26H2,1-2H3,(H2-,40,41,42,43,44,45,46)/p+1. The first-order valence-electron chi connectivity index (χ1n) is 15.5. The monoisotopic (exact) mass is 717 g/mol. The van der Waals surface area contributed by atoms with Gasteiger partial charge in [-0.1, -0.05) is 54.6 Å². The molecule has 0 atom stereocenters. The molecule has 12 heteroatoms. The Labute approximate surface area is 292 Å². The number of allylic oxidation sites excluding steroid dienone is 5. The molecular weight excluding hydrogens is 681 g/mol. The number of benzene rings is 4. The average Bonchev–Trinajstić information content (AvgIpc) is 3.10. The van der Waals surface area contributed by atoms with Crippen LogP contribution < -0.4 is 4.90 Å². The summed E-state index contributed by atoms with van der Waals surface area (Å²) in [5.41, 5.74) is 6.99. The van der Waals surface area contributed by atoms with Gasteiger partial charge >= 0.3 is 0 Å². The van der Waals surface area contributed by atoms with Crippen LogP contribution in [-0.4, -0.2) is 53.9 Å². The molecule has 4 aromatic carbocycles. The van der Waals surface area contributed by atoms with Gasteiger partial charge in [0.2, 0.25) is 0 Å². The summed E-state index contributed by atoms with van der Waals surface area (Å²) in [5.74, 6) is 0. The lowest BCUT2D eigenvalue weighted by atomic mass is 9.90. The molecule has 0 amide bonds. The highest BCUT2D eigenvalue weighted by Gasteiger charge is 2.19. The van der Waals surface area contributed by atoms with E-state index >= 15 is 0 Å². The largest absolute Gasteiger partial charge is 0.367 e. The first kappa shape index (κ1) is 36.0. The van der Waals surface area contributed by atoms with Crippen molar-refractivity contribution >= 4 is 49.3 Å². The van der Waals surface area contributed by atoms with Crippen molar-refractivity contribution in [3.63, 3.8) is 0 Å². The smallest absolute Gasteiger partial charge is 0.294 e. The van der Waals surface area contributed by atoms with Crippen LogP contribution in [0.1, 0.15) is 36.1 Å². The third-order valence-electron chi connectivity index (χ3n) is 8.20. The van der Waals surface area contributed by atoms with Crippen molar-refractivity contribution < 1.29 is 35.1 Å². The van der Waals surface area contributed by atoms with E-state index < -0.39 is 20.2 Å². The minimum absolute atomic E-state index is 0.143.